The van der Waals surface area contributed by atoms with Gasteiger partial charge in [-0.3, -0.25) is 0 Å². The molecule has 0 aliphatic carbocycles. The maximum atomic E-state index is 5.52. The van der Waals surface area contributed by atoms with Crippen LogP contribution in [0.15, 0.2) is 29.6 Å². The van der Waals surface area contributed by atoms with E-state index in [2.05, 4.69) is 22.5 Å². The molecule has 96 valence electrons. The molecule has 18 heavy (non-hydrogen) atoms. The summed E-state index contributed by atoms with van der Waals surface area (Å²) < 4.78 is 5.42. The highest BCUT2D eigenvalue weighted by molar-refractivity contribution is 7.09. The second-order valence-corrected chi connectivity index (χ2v) is 4.97. The van der Waals surface area contributed by atoms with Crippen LogP contribution < -0.4 is 10.5 Å². The highest BCUT2D eigenvalue weighted by atomic mass is 32.1. The molecule has 2 rings (SSSR count). The van der Waals surface area contributed by atoms with Gasteiger partial charge in [0.15, 0.2) is 0 Å². The van der Waals surface area contributed by atoms with Gasteiger partial charge in [0.25, 0.3) is 0 Å². The Hall–Kier alpha value is -1.39. The van der Waals surface area contributed by atoms with E-state index in [4.69, 9.17) is 10.5 Å². The SMILES string of the molecule is CCOc1ccc(Cc2nc(CCN)cs2)cc1. The quantitative estimate of drug-likeness (QED) is 0.870. The maximum absolute atomic E-state index is 5.52. The van der Waals surface area contributed by atoms with Crippen molar-refractivity contribution >= 4 is 11.3 Å². The fourth-order valence-electron chi connectivity index (χ4n) is 1.74. The summed E-state index contributed by atoms with van der Waals surface area (Å²) in [6.45, 7) is 3.35. The number of benzene rings is 1. The predicted molar refractivity (Wildman–Crippen MR) is 75.3 cm³/mol. The van der Waals surface area contributed by atoms with E-state index in [1.807, 2.05) is 19.1 Å². The summed E-state index contributed by atoms with van der Waals surface area (Å²) in [6, 6.07) is 8.20. The molecule has 3 nitrogen and oxygen atoms in total. The molecule has 0 amide bonds. The van der Waals surface area contributed by atoms with Gasteiger partial charge in [0, 0.05) is 18.2 Å². The molecule has 0 atom stereocenters. The van der Waals surface area contributed by atoms with Crippen LogP contribution in [-0.4, -0.2) is 18.1 Å². The number of nitrogens with zero attached hydrogens (tertiary/aromatic N) is 1. The van der Waals surface area contributed by atoms with Crippen molar-refractivity contribution in [2.45, 2.75) is 19.8 Å². The summed E-state index contributed by atoms with van der Waals surface area (Å²) in [5.41, 5.74) is 7.88. The Bertz CT molecular complexity index is 479. The van der Waals surface area contributed by atoms with Gasteiger partial charge in [-0.05, 0) is 31.2 Å². The molecule has 1 aromatic carbocycles. The molecule has 1 aromatic heterocycles. The van der Waals surface area contributed by atoms with Crippen molar-refractivity contribution in [2.24, 2.45) is 5.73 Å². The van der Waals surface area contributed by atoms with Crippen molar-refractivity contribution in [2.75, 3.05) is 13.2 Å². The van der Waals surface area contributed by atoms with Gasteiger partial charge in [0.2, 0.25) is 0 Å². The number of thiazole rings is 1. The van der Waals surface area contributed by atoms with E-state index in [0.717, 1.165) is 29.3 Å². The first-order valence-electron chi connectivity index (χ1n) is 6.17. The van der Waals surface area contributed by atoms with Crippen LogP contribution in [0, 0.1) is 0 Å². The van der Waals surface area contributed by atoms with Crippen LogP contribution in [0.1, 0.15) is 23.2 Å². The third-order valence-corrected chi connectivity index (χ3v) is 3.49. The van der Waals surface area contributed by atoms with Gasteiger partial charge in [-0.15, -0.1) is 11.3 Å². The van der Waals surface area contributed by atoms with Crippen molar-refractivity contribution in [1.82, 2.24) is 4.98 Å². The molecule has 0 saturated heterocycles. The molecule has 1 heterocycles. The van der Waals surface area contributed by atoms with Gasteiger partial charge in [0.1, 0.15) is 5.75 Å². The summed E-state index contributed by atoms with van der Waals surface area (Å²) in [6.07, 6.45) is 1.74. The molecule has 0 fully saturated rings. The normalized spacial score (nSPS) is 10.6. The minimum Gasteiger partial charge on any atom is -0.494 e. The fraction of sp³-hybridized carbons (Fsp3) is 0.357. The van der Waals surface area contributed by atoms with Crippen LogP contribution >= 0.6 is 11.3 Å². The third kappa shape index (κ3) is 3.55. The molecule has 0 radical (unpaired) electrons. The summed E-state index contributed by atoms with van der Waals surface area (Å²) in [7, 11) is 0. The van der Waals surface area contributed by atoms with Crippen LogP contribution in [0.2, 0.25) is 0 Å². The minimum atomic E-state index is 0.659. The van der Waals surface area contributed by atoms with Crippen LogP contribution in [0.5, 0.6) is 5.75 Å². The van der Waals surface area contributed by atoms with E-state index in [9.17, 15) is 0 Å². The van der Waals surface area contributed by atoms with Crippen molar-refractivity contribution in [3.05, 3.63) is 45.9 Å². The van der Waals surface area contributed by atoms with Crippen molar-refractivity contribution in [3.8, 4) is 5.75 Å². The molecule has 0 aliphatic rings. The first-order chi connectivity index (χ1) is 8.81. The topological polar surface area (TPSA) is 48.1 Å². The zero-order chi connectivity index (χ0) is 12.8. The second kappa shape index (κ2) is 6.52. The lowest BCUT2D eigenvalue weighted by Crippen LogP contribution is -2.02. The molecule has 0 unspecified atom stereocenters. The molecule has 0 bridgehead atoms. The third-order valence-electron chi connectivity index (χ3n) is 2.59. The van der Waals surface area contributed by atoms with Crippen molar-refractivity contribution in [1.29, 1.82) is 0 Å². The van der Waals surface area contributed by atoms with Crippen LogP contribution in [0.25, 0.3) is 0 Å². The Balaban J connectivity index is 1.99. The second-order valence-electron chi connectivity index (χ2n) is 4.02. The molecule has 4 heteroatoms. The van der Waals surface area contributed by atoms with Gasteiger partial charge in [-0.1, -0.05) is 12.1 Å². The number of hydrogen-bond donors (Lipinski definition) is 1. The van der Waals surface area contributed by atoms with Crippen molar-refractivity contribution in [3.63, 3.8) is 0 Å². The summed E-state index contributed by atoms with van der Waals surface area (Å²) in [4.78, 5) is 4.56. The molecule has 2 aromatic rings. The van der Waals surface area contributed by atoms with Gasteiger partial charge >= 0.3 is 0 Å². The summed E-state index contributed by atoms with van der Waals surface area (Å²) in [5, 5.41) is 3.24. The first kappa shape index (κ1) is 13.1. The van der Waals surface area contributed by atoms with E-state index in [0.29, 0.717) is 13.2 Å². The van der Waals surface area contributed by atoms with Gasteiger partial charge in [-0.2, -0.15) is 0 Å². The zero-order valence-electron chi connectivity index (χ0n) is 10.6. The minimum absolute atomic E-state index is 0.659. The molecule has 0 aliphatic heterocycles. The van der Waals surface area contributed by atoms with Gasteiger partial charge in [-0.25, -0.2) is 4.98 Å². The maximum Gasteiger partial charge on any atom is 0.119 e. The van der Waals surface area contributed by atoms with E-state index in [1.54, 1.807) is 11.3 Å². The highest BCUT2D eigenvalue weighted by Gasteiger charge is 2.03. The van der Waals surface area contributed by atoms with E-state index in [1.165, 1.54) is 5.56 Å². The lowest BCUT2D eigenvalue weighted by atomic mass is 10.1. The van der Waals surface area contributed by atoms with E-state index >= 15 is 0 Å². The molecule has 2 N–H and O–H groups in total. The van der Waals surface area contributed by atoms with Crippen molar-refractivity contribution < 1.29 is 4.74 Å². The predicted octanol–water partition coefficient (Wildman–Crippen LogP) is 2.63. The number of ether oxygens (including phenoxy) is 1. The highest BCUT2D eigenvalue weighted by Crippen LogP contribution is 2.18. The average molecular weight is 262 g/mol. The smallest absolute Gasteiger partial charge is 0.119 e. The Morgan fingerprint density at radius 2 is 2.06 bits per heavy atom. The molecular formula is C14H18N2OS. The van der Waals surface area contributed by atoms with Crippen LogP contribution in [-0.2, 0) is 12.8 Å². The number of aromatic nitrogens is 1. The Morgan fingerprint density at radius 1 is 1.28 bits per heavy atom. The number of rotatable bonds is 6. The standard InChI is InChI=1S/C14H18N2OS/c1-2-17-13-5-3-11(4-6-13)9-14-16-12(7-8-15)10-18-14/h3-6,10H,2,7-9,15H2,1H3. The monoisotopic (exact) mass is 262 g/mol. The van der Waals surface area contributed by atoms with Crippen LogP contribution in [0.4, 0.5) is 0 Å². The van der Waals surface area contributed by atoms with E-state index < -0.39 is 0 Å². The molecular weight excluding hydrogens is 244 g/mol. The fourth-order valence-corrected chi connectivity index (χ4v) is 2.60. The van der Waals surface area contributed by atoms with Gasteiger partial charge < -0.3 is 10.5 Å². The number of nitrogens with two attached hydrogens (primary N) is 1. The number of hydrogen-bond acceptors (Lipinski definition) is 4. The molecule has 0 spiro atoms. The average Bonchev–Trinajstić information content (AvgIpc) is 2.80. The molecule has 0 saturated carbocycles. The Morgan fingerprint density at radius 3 is 2.72 bits per heavy atom. The Kier molecular flexibility index (Phi) is 4.73. The van der Waals surface area contributed by atoms with Crippen LogP contribution in [0.3, 0.4) is 0 Å². The van der Waals surface area contributed by atoms with E-state index in [-0.39, 0.29) is 0 Å². The first-order valence-corrected chi connectivity index (χ1v) is 7.05. The lowest BCUT2D eigenvalue weighted by Gasteiger charge is -2.03. The largest absolute Gasteiger partial charge is 0.494 e. The summed E-state index contributed by atoms with van der Waals surface area (Å²) >= 11 is 1.70. The summed E-state index contributed by atoms with van der Waals surface area (Å²) in [5.74, 6) is 0.921. The Labute approximate surface area is 112 Å². The lowest BCUT2D eigenvalue weighted by molar-refractivity contribution is 0.340. The zero-order valence-corrected chi connectivity index (χ0v) is 11.4. The van der Waals surface area contributed by atoms with Gasteiger partial charge in [0.05, 0.1) is 17.3 Å².